The van der Waals surface area contributed by atoms with Gasteiger partial charge in [0.05, 0.1) is 12.5 Å². The number of benzene rings is 2. The molecule has 1 aromatic heterocycles. The Bertz CT molecular complexity index is 974. The summed E-state index contributed by atoms with van der Waals surface area (Å²) in [6, 6.07) is 14.3. The Kier molecular flexibility index (Phi) is 4.39. The molecule has 0 radical (unpaired) electrons. The number of nitrogens with zero attached hydrogens (tertiary/aromatic N) is 1. The molecule has 1 saturated carbocycles. The molecule has 3 nitrogen and oxygen atoms in total. The van der Waals surface area contributed by atoms with Crippen molar-refractivity contribution in [1.29, 1.82) is 0 Å². The van der Waals surface area contributed by atoms with Gasteiger partial charge < -0.3 is 9.30 Å². The smallest absolute Gasteiger partial charge is 0.147 e. The maximum absolute atomic E-state index is 13.3. The first-order valence-corrected chi connectivity index (χ1v) is 9.78. The van der Waals surface area contributed by atoms with Gasteiger partial charge >= 0.3 is 0 Å². The Labute approximate surface area is 162 Å². The molecule has 0 N–H and O–H groups in total. The molecular formula is C22H22BrNO2. The number of hydrogen-bond acceptors (Lipinski definition) is 2. The van der Waals surface area contributed by atoms with Crippen molar-refractivity contribution in [1.82, 2.24) is 4.57 Å². The Balaban J connectivity index is 1.99. The van der Waals surface area contributed by atoms with Crippen LogP contribution in [0.1, 0.15) is 36.8 Å². The van der Waals surface area contributed by atoms with E-state index >= 15 is 0 Å². The zero-order valence-electron chi connectivity index (χ0n) is 15.1. The number of fused-ring (bicyclic) bond motifs is 1. The van der Waals surface area contributed by atoms with Gasteiger partial charge in [0.25, 0.3) is 0 Å². The van der Waals surface area contributed by atoms with Crippen LogP contribution in [0.3, 0.4) is 0 Å². The predicted octanol–water partition coefficient (Wildman–Crippen LogP) is 5.38. The van der Waals surface area contributed by atoms with Crippen molar-refractivity contribution in [3.05, 3.63) is 64.3 Å². The van der Waals surface area contributed by atoms with E-state index in [1.54, 1.807) is 7.11 Å². The fourth-order valence-corrected chi connectivity index (χ4v) is 4.70. The molecule has 0 bridgehead atoms. The fourth-order valence-electron chi connectivity index (χ4n) is 4.35. The van der Waals surface area contributed by atoms with Crippen molar-refractivity contribution in [3.8, 4) is 5.75 Å². The lowest BCUT2D eigenvalue weighted by Crippen LogP contribution is -2.39. The molecule has 4 heteroatoms. The molecule has 1 fully saturated rings. The van der Waals surface area contributed by atoms with E-state index in [-0.39, 0.29) is 0 Å². The van der Waals surface area contributed by atoms with E-state index in [2.05, 4.69) is 57.0 Å². The van der Waals surface area contributed by atoms with Crippen LogP contribution in [0.25, 0.3) is 10.9 Å². The summed E-state index contributed by atoms with van der Waals surface area (Å²) in [5.74, 6) is 1.14. The van der Waals surface area contributed by atoms with Crippen molar-refractivity contribution in [2.45, 2.75) is 31.1 Å². The Morgan fingerprint density at radius 2 is 1.88 bits per heavy atom. The lowest BCUT2D eigenvalue weighted by molar-refractivity contribution is -0.124. The second kappa shape index (κ2) is 6.58. The third-order valence-electron chi connectivity index (χ3n) is 5.68. The second-order valence-electron chi connectivity index (χ2n) is 7.08. The Morgan fingerprint density at radius 3 is 2.58 bits per heavy atom. The summed E-state index contributed by atoms with van der Waals surface area (Å²) in [6.45, 7) is 0. The van der Waals surface area contributed by atoms with E-state index in [9.17, 15) is 4.79 Å². The van der Waals surface area contributed by atoms with Crippen LogP contribution in [-0.2, 0) is 17.3 Å². The number of carbonyl (C=O) groups excluding carboxylic acids is 1. The summed E-state index contributed by atoms with van der Waals surface area (Å²) in [4.78, 5) is 13.3. The first kappa shape index (κ1) is 17.3. The summed E-state index contributed by atoms with van der Waals surface area (Å²) >= 11 is 3.56. The highest BCUT2D eigenvalue weighted by Gasteiger charge is 2.44. The minimum absolute atomic E-state index is 0.323. The van der Waals surface area contributed by atoms with Gasteiger partial charge in [-0.25, -0.2) is 0 Å². The van der Waals surface area contributed by atoms with Crippen LogP contribution in [0, 0.1) is 0 Å². The number of ketones is 1. The largest absolute Gasteiger partial charge is 0.497 e. The molecule has 1 aliphatic carbocycles. The molecule has 1 unspecified atom stereocenters. The molecule has 3 aromatic rings. The summed E-state index contributed by atoms with van der Waals surface area (Å²) in [7, 11) is 3.71. The summed E-state index contributed by atoms with van der Waals surface area (Å²) in [6.07, 6.45) is 5.68. The van der Waals surface area contributed by atoms with Crippen LogP contribution in [0.15, 0.2) is 53.1 Å². The molecule has 0 spiro atoms. The molecule has 134 valence electrons. The zero-order valence-corrected chi connectivity index (χ0v) is 16.7. The van der Waals surface area contributed by atoms with Crippen LogP contribution >= 0.6 is 15.9 Å². The van der Waals surface area contributed by atoms with E-state index in [4.69, 9.17) is 4.74 Å². The van der Waals surface area contributed by atoms with Crippen molar-refractivity contribution in [3.63, 3.8) is 0 Å². The number of methoxy groups -OCH3 is 1. The van der Waals surface area contributed by atoms with Crippen LogP contribution in [0.4, 0.5) is 0 Å². The lowest BCUT2D eigenvalue weighted by Gasteiger charge is -2.36. The van der Waals surface area contributed by atoms with Gasteiger partial charge in [-0.1, -0.05) is 40.5 Å². The summed E-state index contributed by atoms with van der Waals surface area (Å²) in [5.41, 5.74) is 2.76. The summed E-state index contributed by atoms with van der Waals surface area (Å²) < 4.78 is 8.49. The third kappa shape index (κ3) is 2.59. The van der Waals surface area contributed by atoms with Crippen molar-refractivity contribution in [2.24, 2.45) is 7.05 Å². The first-order valence-electron chi connectivity index (χ1n) is 8.99. The van der Waals surface area contributed by atoms with E-state index < -0.39 is 5.41 Å². The van der Waals surface area contributed by atoms with Gasteiger partial charge in [-0.2, -0.15) is 0 Å². The normalized spacial score (nSPS) is 20.5. The van der Waals surface area contributed by atoms with Crippen LogP contribution in [0.2, 0.25) is 0 Å². The quantitative estimate of drug-likeness (QED) is 0.579. The standard InChI is InChI=1S/C22H22BrNO2/c1-24-14-19(18-11-8-16(23)13-20(18)24)22(12-4-3-5-21(22)25)15-6-9-17(26-2)10-7-15/h6-11,13-14H,3-5,12H2,1-2H3. The molecule has 1 atom stereocenters. The van der Waals surface area contributed by atoms with Gasteiger partial charge in [0.15, 0.2) is 0 Å². The maximum Gasteiger partial charge on any atom is 0.147 e. The number of rotatable bonds is 3. The highest BCUT2D eigenvalue weighted by Crippen LogP contribution is 2.46. The van der Waals surface area contributed by atoms with Gasteiger partial charge in [-0.3, -0.25) is 4.79 Å². The molecule has 1 heterocycles. The molecule has 26 heavy (non-hydrogen) atoms. The molecule has 4 rings (SSSR count). The second-order valence-corrected chi connectivity index (χ2v) is 7.99. The van der Waals surface area contributed by atoms with Gasteiger partial charge in [-0.05, 0) is 48.2 Å². The summed E-state index contributed by atoms with van der Waals surface area (Å²) in [5, 5.41) is 1.15. The third-order valence-corrected chi connectivity index (χ3v) is 6.17. The minimum Gasteiger partial charge on any atom is -0.497 e. The predicted molar refractivity (Wildman–Crippen MR) is 108 cm³/mol. The average Bonchev–Trinajstić information content (AvgIpc) is 2.99. The number of ether oxygens (including phenoxy) is 1. The van der Waals surface area contributed by atoms with E-state index in [0.29, 0.717) is 12.2 Å². The topological polar surface area (TPSA) is 31.2 Å². The number of Topliss-reactive ketones (excluding diaryl/α,β-unsaturated/α-hetero) is 1. The van der Waals surface area contributed by atoms with E-state index in [1.165, 1.54) is 0 Å². The lowest BCUT2D eigenvalue weighted by atomic mass is 9.64. The van der Waals surface area contributed by atoms with E-state index in [0.717, 1.165) is 51.5 Å². The average molecular weight is 412 g/mol. The van der Waals surface area contributed by atoms with Crippen LogP contribution < -0.4 is 4.74 Å². The SMILES string of the molecule is COc1ccc(C2(c3cn(C)c4cc(Br)ccc34)CCCCC2=O)cc1. The molecule has 0 amide bonds. The Morgan fingerprint density at radius 1 is 1.12 bits per heavy atom. The number of halogens is 1. The van der Waals surface area contributed by atoms with Crippen molar-refractivity contribution >= 4 is 32.6 Å². The molecule has 0 aliphatic heterocycles. The van der Waals surface area contributed by atoms with Crippen molar-refractivity contribution < 1.29 is 9.53 Å². The zero-order chi connectivity index (χ0) is 18.3. The van der Waals surface area contributed by atoms with Gasteiger partial charge in [0.1, 0.15) is 11.5 Å². The number of hydrogen-bond donors (Lipinski definition) is 0. The maximum atomic E-state index is 13.3. The van der Waals surface area contributed by atoms with Gasteiger partial charge in [0.2, 0.25) is 0 Å². The number of carbonyl (C=O) groups is 1. The van der Waals surface area contributed by atoms with Gasteiger partial charge in [0, 0.05) is 35.0 Å². The minimum atomic E-state index is -0.572. The molecular weight excluding hydrogens is 390 g/mol. The highest BCUT2D eigenvalue weighted by molar-refractivity contribution is 9.10. The Hall–Kier alpha value is -2.07. The van der Waals surface area contributed by atoms with Crippen LogP contribution in [0.5, 0.6) is 5.75 Å². The molecule has 2 aromatic carbocycles. The van der Waals surface area contributed by atoms with E-state index in [1.807, 2.05) is 19.2 Å². The molecule has 1 aliphatic rings. The number of aryl methyl sites for hydroxylation is 1. The molecule has 0 saturated heterocycles. The number of aromatic nitrogens is 1. The van der Waals surface area contributed by atoms with Crippen LogP contribution in [-0.4, -0.2) is 17.5 Å². The fraction of sp³-hybridized carbons (Fsp3) is 0.318. The highest BCUT2D eigenvalue weighted by atomic mass is 79.9. The monoisotopic (exact) mass is 411 g/mol. The van der Waals surface area contributed by atoms with Gasteiger partial charge in [-0.15, -0.1) is 0 Å². The first-order chi connectivity index (χ1) is 12.6. The van der Waals surface area contributed by atoms with Crippen molar-refractivity contribution in [2.75, 3.05) is 7.11 Å².